The van der Waals surface area contributed by atoms with Crippen LogP contribution in [-0.2, 0) is 6.54 Å². The number of hydrogen-bond acceptors (Lipinski definition) is 4. The van der Waals surface area contributed by atoms with E-state index in [1.54, 1.807) is 7.11 Å². The first kappa shape index (κ1) is 14.2. The molecule has 0 aliphatic carbocycles. The maximum Gasteiger partial charge on any atom is 0.172 e. The Morgan fingerprint density at radius 3 is 2.60 bits per heavy atom. The van der Waals surface area contributed by atoms with Gasteiger partial charge in [0.2, 0.25) is 0 Å². The summed E-state index contributed by atoms with van der Waals surface area (Å²) in [6.07, 6.45) is 4.73. The van der Waals surface area contributed by atoms with Crippen molar-refractivity contribution in [3.05, 3.63) is 22.2 Å². The second-order valence-corrected chi connectivity index (χ2v) is 6.77. The molecule has 0 saturated carbocycles. The number of nitrogens with zero attached hydrogens (tertiary/aromatic N) is 1. The van der Waals surface area contributed by atoms with Crippen LogP contribution in [-0.4, -0.2) is 35.2 Å². The van der Waals surface area contributed by atoms with E-state index < -0.39 is 0 Å². The predicted molar refractivity (Wildman–Crippen MR) is 81.9 cm³/mol. The number of ether oxygens (including phenoxy) is 1. The number of rotatable bonds is 3. The maximum atomic E-state index is 9.88. The van der Waals surface area contributed by atoms with Crippen molar-refractivity contribution in [2.45, 2.75) is 50.4 Å². The van der Waals surface area contributed by atoms with Crippen LogP contribution >= 0.6 is 15.9 Å². The van der Waals surface area contributed by atoms with Gasteiger partial charge in [0.1, 0.15) is 0 Å². The van der Waals surface area contributed by atoms with Gasteiger partial charge in [-0.25, -0.2) is 0 Å². The van der Waals surface area contributed by atoms with Crippen LogP contribution in [0.5, 0.6) is 11.5 Å². The van der Waals surface area contributed by atoms with Crippen molar-refractivity contribution >= 4 is 15.9 Å². The Bertz CT molecular complexity index is 495. The third kappa shape index (κ3) is 2.54. The van der Waals surface area contributed by atoms with Gasteiger partial charge in [0.05, 0.1) is 11.6 Å². The van der Waals surface area contributed by atoms with E-state index in [4.69, 9.17) is 10.5 Å². The second-order valence-electron chi connectivity index (χ2n) is 5.92. The fourth-order valence-electron chi connectivity index (χ4n) is 3.66. The van der Waals surface area contributed by atoms with E-state index in [-0.39, 0.29) is 5.75 Å². The number of methoxy groups -OCH3 is 1. The minimum Gasteiger partial charge on any atom is -0.503 e. The first-order valence-corrected chi connectivity index (χ1v) is 7.94. The highest BCUT2D eigenvalue weighted by Gasteiger charge is 2.39. The summed E-state index contributed by atoms with van der Waals surface area (Å²) in [7, 11) is 1.58. The molecular weight excluding hydrogens is 320 g/mol. The van der Waals surface area contributed by atoms with E-state index in [9.17, 15) is 5.11 Å². The smallest absolute Gasteiger partial charge is 0.172 e. The Labute approximate surface area is 128 Å². The highest BCUT2D eigenvalue weighted by Crippen LogP contribution is 2.39. The molecule has 110 valence electrons. The van der Waals surface area contributed by atoms with Crippen LogP contribution in [0.15, 0.2) is 16.6 Å². The van der Waals surface area contributed by atoms with E-state index in [0.29, 0.717) is 28.3 Å². The topological polar surface area (TPSA) is 58.7 Å². The first-order chi connectivity index (χ1) is 9.58. The Morgan fingerprint density at radius 1 is 1.35 bits per heavy atom. The molecule has 0 radical (unpaired) electrons. The number of phenolic OH excluding ortho intramolecular Hbond substituents is 1. The average Bonchev–Trinajstić information content (AvgIpc) is 2.65. The number of halogens is 1. The Balaban J connectivity index is 1.80. The Hall–Kier alpha value is -0.780. The second kappa shape index (κ2) is 5.54. The molecule has 2 fully saturated rings. The summed E-state index contributed by atoms with van der Waals surface area (Å²) in [4.78, 5) is 2.57. The van der Waals surface area contributed by atoms with Gasteiger partial charge in [-0.3, -0.25) is 4.90 Å². The lowest BCUT2D eigenvalue weighted by atomic mass is 9.97. The van der Waals surface area contributed by atoms with Crippen molar-refractivity contribution in [1.82, 2.24) is 4.90 Å². The van der Waals surface area contributed by atoms with Gasteiger partial charge in [-0.05, 0) is 59.3 Å². The molecule has 2 heterocycles. The molecular formula is C15H21BrN2O2. The summed E-state index contributed by atoms with van der Waals surface area (Å²) < 4.78 is 5.91. The molecule has 4 nitrogen and oxygen atoms in total. The minimum atomic E-state index is 0.167. The van der Waals surface area contributed by atoms with Gasteiger partial charge >= 0.3 is 0 Å². The van der Waals surface area contributed by atoms with E-state index in [1.807, 2.05) is 12.1 Å². The van der Waals surface area contributed by atoms with Crippen LogP contribution in [0.25, 0.3) is 0 Å². The van der Waals surface area contributed by atoms with Gasteiger partial charge in [-0.2, -0.15) is 0 Å². The highest BCUT2D eigenvalue weighted by atomic mass is 79.9. The molecule has 3 N–H and O–H groups in total. The fraction of sp³-hybridized carbons (Fsp3) is 0.600. The number of benzene rings is 1. The van der Waals surface area contributed by atoms with E-state index in [0.717, 1.165) is 19.4 Å². The summed E-state index contributed by atoms with van der Waals surface area (Å²) in [5.41, 5.74) is 7.28. The van der Waals surface area contributed by atoms with Crippen molar-refractivity contribution in [3.63, 3.8) is 0 Å². The van der Waals surface area contributed by atoms with Gasteiger partial charge in [-0.1, -0.05) is 0 Å². The SMILES string of the molecule is COc1cc(CN2C3CCC2CC(N)C3)cc(Br)c1O. The number of aromatic hydroxyl groups is 1. The van der Waals surface area contributed by atoms with Gasteiger partial charge in [0, 0.05) is 24.7 Å². The molecule has 2 aliphatic heterocycles. The van der Waals surface area contributed by atoms with Crippen LogP contribution in [0.3, 0.4) is 0 Å². The normalized spacial score (nSPS) is 29.6. The molecule has 0 spiro atoms. The molecule has 2 atom stereocenters. The molecule has 2 saturated heterocycles. The molecule has 2 aliphatic rings. The van der Waals surface area contributed by atoms with Crippen molar-refractivity contribution in [3.8, 4) is 11.5 Å². The summed E-state index contributed by atoms with van der Waals surface area (Å²) in [5.74, 6) is 0.690. The summed E-state index contributed by atoms with van der Waals surface area (Å²) in [6, 6.07) is 5.49. The molecule has 2 unspecified atom stereocenters. The van der Waals surface area contributed by atoms with Crippen LogP contribution in [0.4, 0.5) is 0 Å². The van der Waals surface area contributed by atoms with Gasteiger partial charge in [-0.15, -0.1) is 0 Å². The molecule has 1 aromatic rings. The Morgan fingerprint density at radius 2 is 2.00 bits per heavy atom. The zero-order valence-electron chi connectivity index (χ0n) is 11.7. The van der Waals surface area contributed by atoms with E-state index >= 15 is 0 Å². The number of fused-ring (bicyclic) bond motifs is 2. The predicted octanol–water partition coefficient (Wildman–Crippen LogP) is 2.62. The quantitative estimate of drug-likeness (QED) is 0.887. The van der Waals surface area contributed by atoms with Crippen LogP contribution in [0, 0.1) is 0 Å². The lowest BCUT2D eigenvalue weighted by Crippen LogP contribution is -2.46. The number of hydrogen-bond donors (Lipinski definition) is 2. The van der Waals surface area contributed by atoms with Crippen molar-refractivity contribution in [2.75, 3.05) is 7.11 Å². The van der Waals surface area contributed by atoms with Crippen molar-refractivity contribution in [1.29, 1.82) is 0 Å². The van der Waals surface area contributed by atoms with Crippen LogP contribution < -0.4 is 10.5 Å². The number of piperidine rings is 1. The van der Waals surface area contributed by atoms with Gasteiger partial charge in [0.25, 0.3) is 0 Å². The zero-order valence-corrected chi connectivity index (χ0v) is 13.3. The van der Waals surface area contributed by atoms with Gasteiger partial charge < -0.3 is 15.6 Å². The highest BCUT2D eigenvalue weighted by molar-refractivity contribution is 9.10. The molecule has 5 heteroatoms. The number of phenols is 1. The molecule has 20 heavy (non-hydrogen) atoms. The zero-order chi connectivity index (χ0) is 14.3. The van der Waals surface area contributed by atoms with Crippen molar-refractivity contribution in [2.24, 2.45) is 5.73 Å². The molecule has 0 aromatic heterocycles. The maximum absolute atomic E-state index is 9.88. The van der Waals surface area contributed by atoms with Crippen molar-refractivity contribution < 1.29 is 9.84 Å². The minimum absolute atomic E-state index is 0.167. The third-order valence-electron chi connectivity index (χ3n) is 4.59. The average molecular weight is 341 g/mol. The molecule has 1 aromatic carbocycles. The standard InChI is InChI=1S/C15H21BrN2O2/c1-20-14-5-9(4-13(16)15(14)19)8-18-11-2-3-12(18)7-10(17)6-11/h4-5,10-12,19H,2-3,6-8,17H2,1H3. The summed E-state index contributed by atoms with van der Waals surface area (Å²) in [5, 5.41) is 9.88. The third-order valence-corrected chi connectivity index (χ3v) is 5.20. The van der Waals surface area contributed by atoms with E-state index in [2.05, 4.69) is 20.8 Å². The molecule has 2 bridgehead atoms. The first-order valence-electron chi connectivity index (χ1n) is 7.15. The molecule has 3 rings (SSSR count). The summed E-state index contributed by atoms with van der Waals surface area (Å²) in [6.45, 7) is 0.900. The Kier molecular flexibility index (Phi) is 3.93. The van der Waals surface area contributed by atoms with E-state index in [1.165, 1.54) is 18.4 Å². The lowest BCUT2D eigenvalue weighted by molar-refractivity contribution is 0.120. The summed E-state index contributed by atoms with van der Waals surface area (Å²) >= 11 is 3.39. The van der Waals surface area contributed by atoms with Crippen LogP contribution in [0.2, 0.25) is 0 Å². The van der Waals surface area contributed by atoms with Crippen LogP contribution in [0.1, 0.15) is 31.2 Å². The largest absolute Gasteiger partial charge is 0.503 e. The number of nitrogens with two attached hydrogens (primary N) is 1. The van der Waals surface area contributed by atoms with Gasteiger partial charge in [0.15, 0.2) is 11.5 Å². The molecule has 0 amide bonds. The lowest BCUT2D eigenvalue weighted by Gasteiger charge is -2.37. The fourth-order valence-corrected chi connectivity index (χ4v) is 4.15. The monoisotopic (exact) mass is 340 g/mol.